The molecule has 6 aromatic carbocycles. The monoisotopic (exact) mass is 592 g/mol. The highest BCUT2D eigenvalue weighted by molar-refractivity contribution is 6.08. The van der Waals surface area contributed by atoms with E-state index in [1.165, 1.54) is 0 Å². The first-order chi connectivity index (χ1) is 22.8. The summed E-state index contributed by atoms with van der Waals surface area (Å²) in [6, 6.07) is 48.4. The van der Waals surface area contributed by atoms with Crippen LogP contribution in [0.5, 0.6) is 0 Å². The molecule has 0 saturated heterocycles. The van der Waals surface area contributed by atoms with Crippen LogP contribution < -0.4 is 0 Å². The summed E-state index contributed by atoms with van der Waals surface area (Å²) in [6.07, 6.45) is 0. The van der Waals surface area contributed by atoms with Crippen molar-refractivity contribution in [2.75, 3.05) is 0 Å². The Balaban J connectivity index is 1.15. The molecular formula is C40H24N4O2. The summed E-state index contributed by atoms with van der Waals surface area (Å²) < 4.78 is 12.7. The number of oxazole rings is 1. The lowest BCUT2D eigenvalue weighted by Gasteiger charge is -2.08. The number of fused-ring (bicyclic) bond motifs is 4. The van der Waals surface area contributed by atoms with E-state index in [9.17, 15) is 0 Å². The number of nitrogens with zero attached hydrogens (tertiary/aromatic N) is 4. The number of para-hydroxylation sites is 1. The Kier molecular flexibility index (Phi) is 6.03. The number of hydrogen-bond acceptors (Lipinski definition) is 6. The molecule has 0 unspecified atom stereocenters. The zero-order valence-corrected chi connectivity index (χ0v) is 24.5. The Bertz CT molecular complexity index is 2460. The van der Waals surface area contributed by atoms with Crippen molar-refractivity contribution in [2.45, 2.75) is 0 Å². The quantitative estimate of drug-likeness (QED) is 0.198. The molecule has 46 heavy (non-hydrogen) atoms. The minimum atomic E-state index is 0.585. The molecule has 0 saturated carbocycles. The van der Waals surface area contributed by atoms with Gasteiger partial charge >= 0.3 is 0 Å². The average molecular weight is 593 g/mol. The zero-order chi connectivity index (χ0) is 30.5. The van der Waals surface area contributed by atoms with E-state index >= 15 is 0 Å². The lowest BCUT2D eigenvalue weighted by molar-refractivity contribution is 0.621. The van der Waals surface area contributed by atoms with Crippen LogP contribution in [0.3, 0.4) is 0 Å². The van der Waals surface area contributed by atoms with E-state index in [0.29, 0.717) is 23.4 Å². The van der Waals surface area contributed by atoms with Gasteiger partial charge in [0, 0.05) is 38.6 Å². The fourth-order valence-electron chi connectivity index (χ4n) is 5.90. The number of benzene rings is 6. The van der Waals surface area contributed by atoms with E-state index < -0.39 is 0 Å². The molecule has 0 N–H and O–H groups in total. The van der Waals surface area contributed by atoms with E-state index in [1.807, 2.05) is 121 Å². The van der Waals surface area contributed by atoms with Gasteiger partial charge in [0.1, 0.15) is 16.7 Å². The fraction of sp³-hybridized carbons (Fsp3) is 0. The molecule has 9 rings (SSSR count). The molecular weight excluding hydrogens is 568 g/mol. The summed E-state index contributed by atoms with van der Waals surface area (Å²) in [4.78, 5) is 19.3. The highest BCUT2D eigenvalue weighted by atomic mass is 16.3. The molecule has 3 aromatic heterocycles. The molecule has 6 heteroatoms. The Hall–Kier alpha value is -6.40. The van der Waals surface area contributed by atoms with Gasteiger partial charge in [-0.25, -0.2) is 19.9 Å². The number of rotatable bonds is 5. The van der Waals surface area contributed by atoms with E-state index in [4.69, 9.17) is 28.8 Å². The van der Waals surface area contributed by atoms with E-state index in [1.54, 1.807) is 0 Å². The van der Waals surface area contributed by atoms with Crippen molar-refractivity contribution in [1.82, 2.24) is 19.9 Å². The highest BCUT2D eigenvalue weighted by Crippen LogP contribution is 2.37. The molecule has 3 heterocycles. The Morgan fingerprint density at radius 1 is 0.370 bits per heavy atom. The van der Waals surface area contributed by atoms with Gasteiger partial charge < -0.3 is 8.83 Å². The third kappa shape index (κ3) is 4.52. The van der Waals surface area contributed by atoms with Crippen molar-refractivity contribution < 1.29 is 8.83 Å². The van der Waals surface area contributed by atoms with Crippen molar-refractivity contribution in [3.05, 3.63) is 146 Å². The SMILES string of the molecule is c1ccc(-c2nc(-c3ccccc3)nc(-c3ccc4c(c3)oc3ccc(-c5cccc6nc(-c7ccccc7)oc56)cc34)n2)cc1. The van der Waals surface area contributed by atoms with E-state index in [2.05, 4.69) is 24.3 Å². The van der Waals surface area contributed by atoms with Crippen molar-refractivity contribution in [1.29, 1.82) is 0 Å². The molecule has 0 aliphatic heterocycles. The van der Waals surface area contributed by atoms with Gasteiger partial charge in [0.2, 0.25) is 5.89 Å². The van der Waals surface area contributed by atoms with Crippen molar-refractivity contribution >= 4 is 33.0 Å². The van der Waals surface area contributed by atoms with Gasteiger partial charge in [-0.05, 0) is 48.0 Å². The van der Waals surface area contributed by atoms with Crippen LogP contribution >= 0.6 is 0 Å². The maximum Gasteiger partial charge on any atom is 0.227 e. The zero-order valence-electron chi connectivity index (χ0n) is 24.5. The molecule has 0 bridgehead atoms. The Morgan fingerprint density at radius 2 is 0.978 bits per heavy atom. The van der Waals surface area contributed by atoms with Gasteiger partial charge in [-0.1, -0.05) is 103 Å². The smallest absolute Gasteiger partial charge is 0.227 e. The molecule has 0 radical (unpaired) electrons. The van der Waals surface area contributed by atoms with Crippen molar-refractivity contribution in [3.8, 4) is 56.7 Å². The van der Waals surface area contributed by atoms with Crippen LogP contribution in [-0.2, 0) is 0 Å². The van der Waals surface area contributed by atoms with Gasteiger partial charge in [0.25, 0.3) is 0 Å². The minimum absolute atomic E-state index is 0.585. The van der Waals surface area contributed by atoms with E-state index in [0.717, 1.165) is 66.4 Å². The molecule has 0 aliphatic rings. The topological polar surface area (TPSA) is 77.8 Å². The fourth-order valence-corrected chi connectivity index (χ4v) is 5.90. The largest absolute Gasteiger partial charge is 0.456 e. The predicted molar refractivity (Wildman–Crippen MR) is 182 cm³/mol. The molecule has 0 atom stereocenters. The first-order valence-corrected chi connectivity index (χ1v) is 15.1. The molecule has 0 spiro atoms. The minimum Gasteiger partial charge on any atom is -0.456 e. The van der Waals surface area contributed by atoms with Crippen molar-refractivity contribution in [2.24, 2.45) is 0 Å². The predicted octanol–water partition coefficient (Wildman–Crippen LogP) is 10.2. The van der Waals surface area contributed by atoms with Gasteiger partial charge in [-0.3, -0.25) is 0 Å². The van der Waals surface area contributed by atoms with Crippen LogP contribution in [0.1, 0.15) is 0 Å². The van der Waals surface area contributed by atoms with Crippen LogP contribution in [0.25, 0.3) is 89.8 Å². The van der Waals surface area contributed by atoms with Crippen molar-refractivity contribution in [3.63, 3.8) is 0 Å². The van der Waals surface area contributed by atoms with Gasteiger partial charge in [0.05, 0.1) is 0 Å². The van der Waals surface area contributed by atoms with Crippen LogP contribution in [-0.4, -0.2) is 19.9 Å². The first kappa shape index (κ1) is 26.0. The maximum atomic E-state index is 6.38. The number of aromatic nitrogens is 4. The normalized spacial score (nSPS) is 11.5. The summed E-state index contributed by atoms with van der Waals surface area (Å²) >= 11 is 0. The third-order valence-electron chi connectivity index (χ3n) is 8.18. The van der Waals surface area contributed by atoms with Crippen LogP contribution in [0.4, 0.5) is 0 Å². The summed E-state index contributed by atoms with van der Waals surface area (Å²) in [7, 11) is 0. The van der Waals surface area contributed by atoms with E-state index in [-0.39, 0.29) is 0 Å². The first-order valence-electron chi connectivity index (χ1n) is 15.1. The summed E-state index contributed by atoms with van der Waals surface area (Å²) in [5, 5.41) is 2.03. The van der Waals surface area contributed by atoms with Gasteiger partial charge in [-0.15, -0.1) is 0 Å². The standard InChI is InChI=1S/C40H24N4O2/c1-4-11-25(12-5-1)37-42-38(26-13-6-2-7-14-26)44-39(43-37)29-19-21-31-32-23-28(20-22-34(32)45-35(31)24-29)30-17-10-18-33-36(30)46-40(41-33)27-15-8-3-9-16-27/h1-24H. The molecule has 6 nitrogen and oxygen atoms in total. The number of hydrogen-bond donors (Lipinski definition) is 0. The average Bonchev–Trinajstić information content (AvgIpc) is 3.74. The van der Waals surface area contributed by atoms with Gasteiger partial charge in [0.15, 0.2) is 23.1 Å². The van der Waals surface area contributed by atoms with Gasteiger partial charge in [-0.2, -0.15) is 0 Å². The lowest BCUT2D eigenvalue weighted by Crippen LogP contribution is -2.00. The van der Waals surface area contributed by atoms with Crippen LogP contribution in [0.2, 0.25) is 0 Å². The second-order valence-electron chi connectivity index (χ2n) is 11.1. The van der Waals surface area contributed by atoms with Crippen LogP contribution in [0.15, 0.2) is 154 Å². The molecule has 216 valence electrons. The third-order valence-corrected chi connectivity index (χ3v) is 8.18. The molecule has 0 fully saturated rings. The molecule has 0 aliphatic carbocycles. The van der Waals surface area contributed by atoms with Crippen LogP contribution in [0, 0.1) is 0 Å². The summed E-state index contributed by atoms with van der Waals surface area (Å²) in [5.41, 5.74) is 8.80. The Morgan fingerprint density at radius 3 is 1.65 bits per heavy atom. The molecule has 0 amide bonds. The summed E-state index contributed by atoms with van der Waals surface area (Å²) in [5.74, 6) is 2.43. The lowest BCUT2D eigenvalue weighted by atomic mass is 10.0. The maximum absolute atomic E-state index is 6.38. The second-order valence-corrected chi connectivity index (χ2v) is 11.1. The Labute approximate surface area is 263 Å². The highest BCUT2D eigenvalue weighted by Gasteiger charge is 2.17. The number of furan rings is 1. The second kappa shape index (κ2) is 10.6. The molecule has 9 aromatic rings. The summed E-state index contributed by atoms with van der Waals surface area (Å²) in [6.45, 7) is 0.